The molecule has 3 rings (SSSR count). The van der Waals surface area contributed by atoms with Crippen LogP contribution in [0.4, 0.5) is 0 Å². The SMILES string of the molecule is COC(=O)C[C@H]1CCCN1CCC=C(c1sccc1C)c1sccc1C. The number of rotatable bonds is 7. The van der Waals surface area contributed by atoms with Crippen molar-refractivity contribution in [3.05, 3.63) is 49.9 Å². The smallest absolute Gasteiger partial charge is 0.307 e. The molecule has 0 amide bonds. The van der Waals surface area contributed by atoms with Gasteiger partial charge < -0.3 is 4.74 Å². The molecule has 0 saturated carbocycles. The quantitative estimate of drug-likeness (QED) is 0.604. The molecule has 2 aromatic heterocycles. The number of hydrogen-bond acceptors (Lipinski definition) is 5. The molecule has 5 heteroatoms. The van der Waals surface area contributed by atoms with Crippen LogP contribution >= 0.6 is 22.7 Å². The van der Waals surface area contributed by atoms with Gasteiger partial charge in [-0.1, -0.05) is 6.08 Å². The molecule has 0 unspecified atom stereocenters. The molecule has 0 aromatic carbocycles. The summed E-state index contributed by atoms with van der Waals surface area (Å²) in [6.07, 6.45) is 6.18. The van der Waals surface area contributed by atoms with E-state index in [0.29, 0.717) is 12.5 Å². The zero-order chi connectivity index (χ0) is 18.5. The van der Waals surface area contributed by atoms with E-state index in [1.165, 1.54) is 40.0 Å². The Kier molecular flexibility index (Phi) is 6.68. The monoisotopic (exact) mass is 389 g/mol. The van der Waals surface area contributed by atoms with Crippen molar-refractivity contribution < 1.29 is 9.53 Å². The lowest BCUT2D eigenvalue weighted by Crippen LogP contribution is -2.32. The number of hydrogen-bond donors (Lipinski definition) is 0. The number of carbonyl (C=O) groups is 1. The molecule has 0 bridgehead atoms. The maximum absolute atomic E-state index is 11.6. The lowest BCUT2D eigenvalue weighted by molar-refractivity contribution is -0.141. The lowest BCUT2D eigenvalue weighted by atomic mass is 10.1. The minimum Gasteiger partial charge on any atom is -0.469 e. The molecule has 3 nitrogen and oxygen atoms in total. The van der Waals surface area contributed by atoms with Gasteiger partial charge in [-0.25, -0.2) is 0 Å². The van der Waals surface area contributed by atoms with Gasteiger partial charge in [-0.05, 0) is 73.7 Å². The third-order valence-electron chi connectivity index (χ3n) is 5.11. The normalized spacial score (nSPS) is 17.4. The zero-order valence-corrected chi connectivity index (χ0v) is 17.4. The average Bonchev–Trinajstić information content (AvgIpc) is 3.35. The first-order valence-corrected chi connectivity index (χ1v) is 11.0. The van der Waals surface area contributed by atoms with Gasteiger partial charge >= 0.3 is 5.97 Å². The van der Waals surface area contributed by atoms with E-state index >= 15 is 0 Å². The zero-order valence-electron chi connectivity index (χ0n) is 15.8. The van der Waals surface area contributed by atoms with Crippen molar-refractivity contribution in [3.63, 3.8) is 0 Å². The van der Waals surface area contributed by atoms with Gasteiger partial charge in [0.25, 0.3) is 0 Å². The van der Waals surface area contributed by atoms with Crippen LogP contribution in [0.1, 0.15) is 46.6 Å². The Labute approximate surface area is 164 Å². The molecule has 1 aliphatic heterocycles. The third kappa shape index (κ3) is 4.45. The maximum atomic E-state index is 11.6. The summed E-state index contributed by atoms with van der Waals surface area (Å²) < 4.78 is 4.85. The van der Waals surface area contributed by atoms with E-state index in [9.17, 15) is 4.79 Å². The van der Waals surface area contributed by atoms with Crippen molar-refractivity contribution >= 4 is 34.2 Å². The van der Waals surface area contributed by atoms with Gasteiger partial charge in [-0.3, -0.25) is 9.69 Å². The number of ether oxygens (including phenoxy) is 1. The molecule has 1 atom stereocenters. The predicted octanol–water partition coefficient (Wildman–Crippen LogP) is 5.28. The molecule has 0 radical (unpaired) electrons. The molecule has 1 fully saturated rings. The third-order valence-corrected chi connectivity index (χ3v) is 7.21. The van der Waals surface area contributed by atoms with Crippen LogP contribution in [0.25, 0.3) is 5.57 Å². The summed E-state index contributed by atoms with van der Waals surface area (Å²) in [5, 5.41) is 4.35. The molecule has 1 aliphatic rings. The molecule has 0 N–H and O–H groups in total. The summed E-state index contributed by atoms with van der Waals surface area (Å²) in [5.41, 5.74) is 4.06. The van der Waals surface area contributed by atoms with Gasteiger partial charge in [0.1, 0.15) is 0 Å². The van der Waals surface area contributed by atoms with Crippen molar-refractivity contribution in [1.82, 2.24) is 4.90 Å². The van der Waals surface area contributed by atoms with Crippen LogP contribution in [-0.2, 0) is 9.53 Å². The van der Waals surface area contributed by atoms with Gasteiger partial charge in [0, 0.05) is 27.9 Å². The summed E-state index contributed by atoms with van der Waals surface area (Å²) in [6, 6.07) is 4.74. The topological polar surface area (TPSA) is 29.5 Å². The van der Waals surface area contributed by atoms with E-state index in [-0.39, 0.29) is 5.97 Å². The van der Waals surface area contributed by atoms with Crippen LogP contribution in [0.2, 0.25) is 0 Å². The number of methoxy groups -OCH3 is 1. The summed E-state index contributed by atoms with van der Waals surface area (Å²) in [7, 11) is 1.48. The van der Waals surface area contributed by atoms with Crippen LogP contribution < -0.4 is 0 Å². The van der Waals surface area contributed by atoms with Crippen molar-refractivity contribution in [3.8, 4) is 0 Å². The number of thiophene rings is 2. The van der Waals surface area contributed by atoms with Crippen molar-refractivity contribution in [2.45, 2.75) is 45.6 Å². The molecule has 1 saturated heterocycles. The van der Waals surface area contributed by atoms with Gasteiger partial charge in [0.15, 0.2) is 0 Å². The number of nitrogens with zero attached hydrogens (tertiary/aromatic N) is 1. The highest BCUT2D eigenvalue weighted by molar-refractivity contribution is 7.14. The Morgan fingerprint density at radius 2 is 1.88 bits per heavy atom. The van der Waals surface area contributed by atoms with E-state index < -0.39 is 0 Å². The Morgan fingerprint density at radius 1 is 1.23 bits per heavy atom. The standard InChI is InChI=1S/C21H27NO2S2/c1-15-8-12-25-20(15)18(21-16(2)9-13-26-21)7-5-11-22-10-4-6-17(22)14-19(23)24-3/h7-9,12-13,17H,4-6,10-11,14H2,1-3H3/t17-/m1/s1. The van der Waals surface area contributed by atoms with E-state index in [0.717, 1.165) is 25.9 Å². The van der Waals surface area contributed by atoms with Crippen molar-refractivity contribution in [2.75, 3.05) is 20.2 Å². The number of aryl methyl sites for hydroxylation is 2. The number of carbonyl (C=O) groups excluding carboxylic acids is 1. The van der Waals surface area contributed by atoms with E-state index in [1.807, 2.05) is 22.7 Å². The second kappa shape index (κ2) is 8.98. The highest BCUT2D eigenvalue weighted by Crippen LogP contribution is 2.35. The first kappa shape index (κ1) is 19.3. The Bertz CT molecular complexity index is 732. The second-order valence-electron chi connectivity index (χ2n) is 6.88. The van der Waals surface area contributed by atoms with Crippen LogP contribution in [0, 0.1) is 13.8 Å². The lowest BCUT2D eigenvalue weighted by Gasteiger charge is -2.23. The fourth-order valence-corrected chi connectivity index (χ4v) is 5.67. The molecule has 0 spiro atoms. The molecular weight excluding hydrogens is 362 g/mol. The molecule has 140 valence electrons. The second-order valence-corrected chi connectivity index (χ2v) is 8.72. The largest absolute Gasteiger partial charge is 0.469 e. The first-order chi connectivity index (χ1) is 12.6. The van der Waals surface area contributed by atoms with E-state index in [4.69, 9.17) is 4.74 Å². The van der Waals surface area contributed by atoms with Gasteiger partial charge in [-0.15, -0.1) is 22.7 Å². The fraction of sp³-hybridized carbons (Fsp3) is 0.476. The maximum Gasteiger partial charge on any atom is 0.307 e. The average molecular weight is 390 g/mol. The molecule has 3 heterocycles. The molecule has 0 aliphatic carbocycles. The predicted molar refractivity (Wildman–Crippen MR) is 111 cm³/mol. The molecular formula is C21H27NO2S2. The first-order valence-electron chi connectivity index (χ1n) is 9.20. The molecule has 2 aromatic rings. The Morgan fingerprint density at radius 3 is 2.42 bits per heavy atom. The number of esters is 1. The van der Waals surface area contributed by atoms with Crippen LogP contribution in [0.3, 0.4) is 0 Å². The van der Waals surface area contributed by atoms with Crippen LogP contribution in [-0.4, -0.2) is 37.1 Å². The van der Waals surface area contributed by atoms with E-state index in [1.54, 1.807) is 0 Å². The van der Waals surface area contributed by atoms with Crippen LogP contribution in [0.5, 0.6) is 0 Å². The van der Waals surface area contributed by atoms with Gasteiger partial charge in [0.2, 0.25) is 0 Å². The minimum absolute atomic E-state index is 0.0958. The Hall–Kier alpha value is -1.43. The van der Waals surface area contributed by atoms with Crippen molar-refractivity contribution in [1.29, 1.82) is 0 Å². The van der Waals surface area contributed by atoms with Gasteiger partial charge in [0.05, 0.1) is 13.5 Å². The summed E-state index contributed by atoms with van der Waals surface area (Å²) in [6.45, 7) is 6.46. The van der Waals surface area contributed by atoms with Crippen LogP contribution in [0.15, 0.2) is 29.0 Å². The minimum atomic E-state index is -0.0958. The van der Waals surface area contributed by atoms with Crippen molar-refractivity contribution in [2.24, 2.45) is 0 Å². The summed E-state index contributed by atoms with van der Waals surface area (Å²) >= 11 is 3.65. The fourth-order valence-electron chi connectivity index (χ4n) is 3.66. The summed E-state index contributed by atoms with van der Waals surface area (Å²) in [4.78, 5) is 16.8. The highest BCUT2D eigenvalue weighted by Gasteiger charge is 2.26. The number of likely N-dealkylation sites (tertiary alicyclic amines) is 1. The van der Waals surface area contributed by atoms with Gasteiger partial charge in [-0.2, -0.15) is 0 Å². The highest BCUT2D eigenvalue weighted by atomic mass is 32.1. The summed E-state index contributed by atoms with van der Waals surface area (Å²) in [5.74, 6) is -0.0958. The van der Waals surface area contributed by atoms with E-state index in [2.05, 4.69) is 47.7 Å². The Balaban J connectivity index is 1.72. The molecule has 26 heavy (non-hydrogen) atoms.